The van der Waals surface area contributed by atoms with E-state index in [0.717, 1.165) is 29.3 Å². The van der Waals surface area contributed by atoms with Crippen molar-refractivity contribution in [3.63, 3.8) is 0 Å². The number of nitrogens with two attached hydrogens (primary N) is 1. The SMILES string of the molecule is NC(=O)[C@H](Cc1cccc(OCc2ccccc2)c1)NC(=O)Cc1cc(F)cc(F)c1. The minimum absolute atomic E-state index is 0.154. The number of halogens is 2. The summed E-state index contributed by atoms with van der Waals surface area (Å²) < 4.78 is 32.4. The molecule has 0 aliphatic rings. The highest BCUT2D eigenvalue weighted by atomic mass is 19.1. The summed E-state index contributed by atoms with van der Waals surface area (Å²) in [6, 6.07) is 18.7. The van der Waals surface area contributed by atoms with Crippen molar-refractivity contribution in [2.24, 2.45) is 5.73 Å². The maximum absolute atomic E-state index is 13.3. The van der Waals surface area contributed by atoms with Crippen LogP contribution in [0.3, 0.4) is 0 Å². The monoisotopic (exact) mass is 424 g/mol. The van der Waals surface area contributed by atoms with E-state index in [9.17, 15) is 18.4 Å². The Morgan fingerprint density at radius 3 is 2.23 bits per heavy atom. The van der Waals surface area contributed by atoms with Gasteiger partial charge in [0.1, 0.15) is 30.0 Å². The molecular weight excluding hydrogens is 402 g/mol. The van der Waals surface area contributed by atoms with Crippen LogP contribution in [0.1, 0.15) is 16.7 Å². The molecule has 0 radical (unpaired) electrons. The lowest BCUT2D eigenvalue weighted by Gasteiger charge is -2.16. The molecule has 0 saturated heterocycles. The van der Waals surface area contributed by atoms with Crippen molar-refractivity contribution in [1.29, 1.82) is 0 Å². The summed E-state index contributed by atoms with van der Waals surface area (Å²) in [6.45, 7) is 0.393. The van der Waals surface area contributed by atoms with Gasteiger partial charge in [-0.15, -0.1) is 0 Å². The van der Waals surface area contributed by atoms with Gasteiger partial charge in [-0.3, -0.25) is 9.59 Å². The number of rotatable bonds is 9. The molecular formula is C24H22F2N2O3. The zero-order chi connectivity index (χ0) is 22.2. The number of benzene rings is 3. The molecule has 0 bridgehead atoms. The Hall–Kier alpha value is -3.74. The Kier molecular flexibility index (Phi) is 7.32. The van der Waals surface area contributed by atoms with Crippen LogP contribution < -0.4 is 15.8 Å². The molecule has 0 heterocycles. The molecule has 0 aliphatic heterocycles. The van der Waals surface area contributed by atoms with E-state index < -0.39 is 29.5 Å². The number of hydrogen-bond acceptors (Lipinski definition) is 3. The Bertz CT molecular complexity index is 1040. The molecule has 0 unspecified atom stereocenters. The van der Waals surface area contributed by atoms with E-state index in [0.29, 0.717) is 12.4 Å². The Labute approximate surface area is 178 Å². The van der Waals surface area contributed by atoms with Gasteiger partial charge in [-0.2, -0.15) is 0 Å². The first kappa shape index (κ1) is 22.0. The van der Waals surface area contributed by atoms with E-state index in [1.165, 1.54) is 0 Å². The number of amides is 2. The lowest BCUT2D eigenvalue weighted by atomic mass is 10.0. The molecule has 0 fully saturated rings. The first-order valence-electron chi connectivity index (χ1n) is 9.68. The van der Waals surface area contributed by atoms with Gasteiger partial charge in [-0.1, -0.05) is 42.5 Å². The third kappa shape index (κ3) is 6.92. The maximum Gasteiger partial charge on any atom is 0.240 e. The van der Waals surface area contributed by atoms with Gasteiger partial charge in [-0.05, 0) is 41.0 Å². The quantitative estimate of drug-likeness (QED) is 0.553. The predicted octanol–water partition coefficient (Wildman–Crippen LogP) is 3.30. The van der Waals surface area contributed by atoms with E-state index in [2.05, 4.69) is 5.32 Å². The summed E-state index contributed by atoms with van der Waals surface area (Å²) in [5.41, 5.74) is 7.36. The Morgan fingerprint density at radius 1 is 0.871 bits per heavy atom. The van der Waals surface area contributed by atoms with Crippen molar-refractivity contribution in [2.75, 3.05) is 0 Å². The minimum atomic E-state index is -0.977. The number of hydrogen-bond donors (Lipinski definition) is 2. The summed E-state index contributed by atoms with van der Waals surface area (Å²) in [5.74, 6) is -2.21. The minimum Gasteiger partial charge on any atom is -0.489 e. The Balaban J connectivity index is 1.61. The maximum atomic E-state index is 13.3. The summed E-state index contributed by atoms with van der Waals surface area (Å²) in [4.78, 5) is 24.1. The molecule has 3 aromatic rings. The molecule has 2 amide bonds. The van der Waals surface area contributed by atoms with Crippen molar-refractivity contribution >= 4 is 11.8 Å². The van der Waals surface area contributed by atoms with Crippen molar-refractivity contribution in [3.05, 3.63) is 101 Å². The van der Waals surface area contributed by atoms with Gasteiger partial charge in [0.2, 0.25) is 11.8 Å². The van der Waals surface area contributed by atoms with Crippen molar-refractivity contribution in [1.82, 2.24) is 5.32 Å². The summed E-state index contributed by atoms with van der Waals surface area (Å²) in [5, 5.41) is 2.53. The van der Waals surface area contributed by atoms with Crippen molar-refractivity contribution in [3.8, 4) is 5.75 Å². The van der Waals surface area contributed by atoms with Gasteiger partial charge in [0, 0.05) is 12.5 Å². The van der Waals surface area contributed by atoms with E-state index in [4.69, 9.17) is 10.5 Å². The largest absolute Gasteiger partial charge is 0.489 e. The van der Waals surface area contributed by atoms with Gasteiger partial charge in [0.15, 0.2) is 0 Å². The highest BCUT2D eigenvalue weighted by molar-refractivity contribution is 5.87. The fourth-order valence-corrected chi connectivity index (χ4v) is 3.11. The molecule has 7 heteroatoms. The van der Waals surface area contributed by atoms with Crippen LogP contribution in [0, 0.1) is 11.6 Å². The summed E-state index contributed by atoms with van der Waals surface area (Å²) in [6.07, 6.45) is -0.125. The first-order chi connectivity index (χ1) is 14.9. The topological polar surface area (TPSA) is 81.4 Å². The second-order valence-corrected chi connectivity index (χ2v) is 7.10. The fourth-order valence-electron chi connectivity index (χ4n) is 3.11. The van der Waals surface area contributed by atoms with Crippen LogP contribution in [0.4, 0.5) is 8.78 Å². The first-order valence-corrected chi connectivity index (χ1v) is 9.68. The third-order valence-electron chi connectivity index (χ3n) is 4.55. The average molecular weight is 424 g/mol. The number of carbonyl (C=O) groups excluding carboxylic acids is 2. The summed E-state index contributed by atoms with van der Waals surface area (Å²) >= 11 is 0. The standard InChI is InChI=1S/C24H22F2N2O3/c25-19-9-18(10-20(26)14-19)13-23(29)28-22(24(27)30)12-17-7-4-8-21(11-17)31-15-16-5-2-1-3-6-16/h1-11,14,22H,12-13,15H2,(H2,27,30)(H,28,29)/t22-/m0/s1. The molecule has 1 atom stereocenters. The van der Waals surface area contributed by atoms with Crippen LogP contribution in [0.5, 0.6) is 5.75 Å². The van der Waals surface area contributed by atoms with Crippen LogP contribution in [-0.4, -0.2) is 17.9 Å². The normalized spacial score (nSPS) is 11.5. The third-order valence-corrected chi connectivity index (χ3v) is 4.55. The second kappa shape index (κ2) is 10.3. The second-order valence-electron chi connectivity index (χ2n) is 7.10. The zero-order valence-electron chi connectivity index (χ0n) is 16.7. The number of ether oxygens (including phenoxy) is 1. The molecule has 31 heavy (non-hydrogen) atoms. The molecule has 5 nitrogen and oxygen atoms in total. The van der Waals surface area contributed by atoms with Gasteiger partial charge < -0.3 is 15.8 Å². The lowest BCUT2D eigenvalue weighted by molar-refractivity contribution is -0.127. The molecule has 0 spiro atoms. The van der Waals surface area contributed by atoms with Gasteiger partial charge in [0.25, 0.3) is 0 Å². The van der Waals surface area contributed by atoms with E-state index in [1.54, 1.807) is 24.3 Å². The molecule has 0 saturated carbocycles. The molecule has 0 aliphatic carbocycles. The fraction of sp³-hybridized carbons (Fsp3) is 0.167. The van der Waals surface area contributed by atoms with Crippen LogP contribution >= 0.6 is 0 Å². The highest BCUT2D eigenvalue weighted by Gasteiger charge is 2.19. The van der Waals surface area contributed by atoms with Crippen molar-refractivity contribution < 1.29 is 23.1 Å². The van der Waals surface area contributed by atoms with E-state index in [-0.39, 0.29) is 18.4 Å². The van der Waals surface area contributed by atoms with Gasteiger partial charge in [-0.25, -0.2) is 8.78 Å². The van der Waals surface area contributed by atoms with Gasteiger partial charge >= 0.3 is 0 Å². The zero-order valence-corrected chi connectivity index (χ0v) is 16.7. The smallest absolute Gasteiger partial charge is 0.240 e. The molecule has 0 aromatic heterocycles. The highest BCUT2D eigenvalue weighted by Crippen LogP contribution is 2.17. The van der Waals surface area contributed by atoms with Crippen LogP contribution in [0.25, 0.3) is 0 Å². The van der Waals surface area contributed by atoms with Crippen LogP contribution in [-0.2, 0) is 29.0 Å². The number of primary amides is 1. The van der Waals surface area contributed by atoms with Crippen LogP contribution in [0.15, 0.2) is 72.8 Å². The lowest BCUT2D eigenvalue weighted by Crippen LogP contribution is -2.46. The molecule has 3 aromatic carbocycles. The molecule has 3 N–H and O–H groups in total. The van der Waals surface area contributed by atoms with E-state index in [1.807, 2.05) is 30.3 Å². The van der Waals surface area contributed by atoms with Gasteiger partial charge in [0.05, 0.1) is 6.42 Å². The number of carbonyl (C=O) groups is 2. The number of nitrogens with one attached hydrogen (secondary N) is 1. The Morgan fingerprint density at radius 2 is 1.55 bits per heavy atom. The van der Waals surface area contributed by atoms with Crippen molar-refractivity contribution in [2.45, 2.75) is 25.5 Å². The predicted molar refractivity (Wildman–Crippen MR) is 112 cm³/mol. The molecule has 160 valence electrons. The molecule has 3 rings (SSSR count). The summed E-state index contributed by atoms with van der Waals surface area (Å²) in [7, 11) is 0. The van der Waals surface area contributed by atoms with Crippen LogP contribution in [0.2, 0.25) is 0 Å². The average Bonchev–Trinajstić information content (AvgIpc) is 2.72. The van der Waals surface area contributed by atoms with E-state index >= 15 is 0 Å².